The van der Waals surface area contributed by atoms with Crippen LogP contribution in [0.1, 0.15) is 69.3 Å². The molecule has 0 saturated carbocycles. The molecule has 1 N–H and O–H groups in total. The standard InChI is InChI=1S/C29H38N4O/c1-19-9-11-22(12-10-19)13-14-24-27(31-29(7,8)18-28(4,5)6)33-16-15-23(17-25(33)30-24)26-20(2)32-34-21(26)3/h9-12,15-17,31H,13-14,18H2,1-8H3. The van der Waals surface area contributed by atoms with Crippen molar-refractivity contribution in [1.29, 1.82) is 0 Å². The Hall–Kier alpha value is -3.08. The Bertz CT molecular complexity index is 1270. The van der Waals surface area contributed by atoms with E-state index >= 15 is 0 Å². The average molecular weight is 459 g/mol. The number of imidazole rings is 1. The molecule has 0 amide bonds. The van der Waals surface area contributed by atoms with E-state index in [-0.39, 0.29) is 11.0 Å². The van der Waals surface area contributed by atoms with E-state index in [9.17, 15) is 0 Å². The number of pyridine rings is 1. The Morgan fingerprint density at radius 2 is 1.65 bits per heavy atom. The van der Waals surface area contributed by atoms with Crippen LogP contribution in [-0.4, -0.2) is 20.1 Å². The number of benzene rings is 1. The minimum atomic E-state index is -0.0762. The highest BCUT2D eigenvalue weighted by Gasteiger charge is 2.28. The van der Waals surface area contributed by atoms with E-state index in [1.807, 2.05) is 13.8 Å². The summed E-state index contributed by atoms with van der Waals surface area (Å²) in [6.07, 6.45) is 4.99. The third-order valence-corrected chi connectivity index (χ3v) is 6.22. The molecular formula is C29H38N4O. The van der Waals surface area contributed by atoms with E-state index in [0.29, 0.717) is 0 Å². The zero-order valence-electron chi connectivity index (χ0n) is 21.9. The van der Waals surface area contributed by atoms with Crippen LogP contribution in [0.15, 0.2) is 47.1 Å². The van der Waals surface area contributed by atoms with Gasteiger partial charge in [0.1, 0.15) is 17.2 Å². The molecule has 0 aliphatic carbocycles. The van der Waals surface area contributed by atoms with Gasteiger partial charge in [-0.3, -0.25) is 4.40 Å². The fourth-order valence-corrected chi connectivity index (χ4v) is 5.16. The molecule has 1 aromatic carbocycles. The molecule has 0 bridgehead atoms. The van der Waals surface area contributed by atoms with Gasteiger partial charge in [0.2, 0.25) is 0 Å². The maximum atomic E-state index is 5.41. The van der Waals surface area contributed by atoms with Crippen LogP contribution in [0.25, 0.3) is 16.8 Å². The predicted molar refractivity (Wildman–Crippen MR) is 141 cm³/mol. The van der Waals surface area contributed by atoms with Crippen molar-refractivity contribution in [3.8, 4) is 11.1 Å². The van der Waals surface area contributed by atoms with E-state index in [0.717, 1.165) is 59.0 Å². The Balaban J connectivity index is 1.73. The highest BCUT2D eigenvalue weighted by molar-refractivity contribution is 5.72. The molecule has 0 fully saturated rings. The lowest BCUT2D eigenvalue weighted by Gasteiger charge is -2.34. The maximum absolute atomic E-state index is 5.41. The average Bonchev–Trinajstić information content (AvgIpc) is 3.24. The van der Waals surface area contributed by atoms with E-state index < -0.39 is 0 Å². The van der Waals surface area contributed by atoms with Crippen molar-refractivity contribution in [2.24, 2.45) is 5.41 Å². The molecule has 5 heteroatoms. The van der Waals surface area contributed by atoms with E-state index in [2.05, 4.69) is 99.0 Å². The molecule has 0 saturated heterocycles. The van der Waals surface area contributed by atoms with Crippen molar-refractivity contribution in [1.82, 2.24) is 14.5 Å². The Kier molecular flexibility index (Phi) is 6.32. The predicted octanol–water partition coefficient (Wildman–Crippen LogP) is 7.33. The number of anilines is 1. The highest BCUT2D eigenvalue weighted by atomic mass is 16.5. The lowest BCUT2D eigenvalue weighted by molar-refractivity contribution is 0.302. The van der Waals surface area contributed by atoms with Crippen molar-refractivity contribution < 1.29 is 4.52 Å². The number of aryl methyl sites for hydroxylation is 5. The number of hydrogen-bond acceptors (Lipinski definition) is 4. The molecule has 4 rings (SSSR count). The van der Waals surface area contributed by atoms with Crippen LogP contribution in [-0.2, 0) is 12.8 Å². The van der Waals surface area contributed by atoms with Crippen LogP contribution >= 0.6 is 0 Å². The lowest BCUT2D eigenvalue weighted by atomic mass is 9.82. The molecule has 0 atom stereocenters. The van der Waals surface area contributed by atoms with Crippen molar-refractivity contribution in [2.45, 2.75) is 80.2 Å². The fraction of sp³-hybridized carbons (Fsp3) is 0.448. The summed E-state index contributed by atoms with van der Waals surface area (Å²) in [5.41, 5.74) is 7.83. The smallest absolute Gasteiger partial charge is 0.141 e. The third kappa shape index (κ3) is 5.35. The zero-order valence-corrected chi connectivity index (χ0v) is 21.9. The summed E-state index contributed by atoms with van der Waals surface area (Å²) in [5.74, 6) is 1.92. The first-order valence-electron chi connectivity index (χ1n) is 12.2. The molecule has 0 spiro atoms. The quantitative estimate of drug-likeness (QED) is 0.315. The largest absolute Gasteiger partial charge is 0.365 e. The van der Waals surface area contributed by atoms with Crippen LogP contribution in [0.4, 0.5) is 5.82 Å². The number of nitrogens with one attached hydrogen (secondary N) is 1. The minimum absolute atomic E-state index is 0.0762. The summed E-state index contributed by atoms with van der Waals surface area (Å²) in [4.78, 5) is 5.11. The van der Waals surface area contributed by atoms with Gasteiger partial charge in [0, 0.05) is 17.3 Å². The second kappa shape index (κ2) is 8.94. The Morgan fingerprint density at radius 3 is 2.26 bits per heavy atom. The van der Waals surface area contributed by atoms with Gasteiger partial charge in [-0.2, -0.15) is 0 Å². The number of fused-ring (bicyclic) bond motifs is 1. The van der Waals surface area contributed by atoms with Gasteiger partial charge in [0.15, 0.2) is 0 Å². The molecule has 4 aromatic rings. The summed E-state index contributed by atoms with van der Waals surface area (Å²) in [7, 11) is 0. The SMILES string of the molecule is Cc1ccc(CCc2nc3cc(-c4c(C)noc4C)ccn3c2NC(C)(C)CC(C)(C)C)cc1. The fourth-order valence-electron chi connectivity index (χ4n) is 5.16. The molecule has 0 aliphatic heterocycles. The lowest BCUT2D eigenvalue weighted by Crippen LogP contribution is -2.36. The van der Waals surface area contributed by atoms with Crippen LogP contribution in [0, 0.1) is 26.2 Å². The maximum Gasteiger partial charge on any atom is 0.141 e. The van der Waals surface area contributed by atoms with Crippen molar-refractivity contribution >= 4 is 11.5 Å². The van der Waals surface area contributed by atoms with Crippen molar-refractivity contribution in [2.75, 3.05) is 5.32 Å². The molecule has 3 heterocycles. The molecular weight excluding hydrogens is 420 g/mol. The van der Waals surface area contributed by atoms with Gasteiger partial charge >= 0.3 is 0 Å². The van der Waals surface area contributed by atoms with Gasteiger partial charge < -0.3 is 9.84 Å². The number of rotatable bonds is 7. The molecule has 0 radical (unpaired) electrons. The minimum Gasteiger partial charge on any atom is -0.365 e. The second-order valence-corrected chi connectivity index (χ2v) is 11.5. The van der Waals surface area contributed by atoms with Gasteiger partial charge in [0.25, 0.3) is 0 Å². The molecule has 180 valence electrons. The summed E-state index contributed by atoms with van der Waals surface area (Å²) in [6.45, 7) is 17.5. The summed E-state index contributed by atoms with van der Waals surface area (Å²) in [6, 6.07) is 13.1. The van der Waals surface area contributed by atoms with Crippen molar-refractivity contribution in [3.63, 3.8) is 0 Å². The number of nitrogens with zero attached hydrogens (tertiary/aromatic N) is 3. The van der Waals surface area contributed by atoms with Crippen LogP contribution in [0.3, 0.4) is 0 Å². The van der Waals surface area contributed by atoms with E-state index in [1.54, 1.807) is 0 Å². The van der Waals surface area contributed by atoms with Crippen LogP contribution in [0.5, 0.6) is 0 Å². The molecule has 0 aliphatic rings. The van der Waals surface area contributed by atoms with Crippen LogP contribution < -0.4 is 5.32 Å². The van der Waals surface area contributed by atoms with Crippen LogP contribution in [0.2, 0.25) is 0 Å². The first-order valence-corrected chi connectivity index (χ1v) is 12.2. The highest BCUT2D eigenvalue weighted by Crippen LogP contribution is 2.33. The molecule has 3 aromatic heterocycles. The van der Waals surface area contributed by atoms with Crippen molar-refractivity contribution in [3.05, 3.63) is 70.9 Å². The van der Waals surface area contributed by atoms with Gasteiger partial charge in [-0.1, -0.05) is 55.8 Å². The topological polar surface area (TPSA) is 55.4 Å². The first kappa shape index (κ1) is 24.1. The van der Waals surface area contributed by atoms with Gasteiger partial charge in [-0.05, 0) is 82.6 Å². The first-order chi connectivity index (χ1) is 15.9. The monoisotopic (exact) mass is 458 g/mol. The zero-order chi connectivity index (χ0) is 24.7. The molecule has 34 heavy (non-hydrogen) atoms. The van der Waals surface area contributed by atoms with Gasteiger partial charge in [0.05, 0.1) is 11.4 Å². The molecule has 5 nitrogen and oxygen atoms in total. The summed E-state index contributed by atoms with van der Waals surface area (Å²) < 4.78 is 7.60. The molecule has 0 unspecified atom stereocenters. The Labute approximate surface area is 203 Å². The third-order valence-electron chi connectivity index (χ3n) is 6.22. The van der Waals surface area contributed by atoms with E-state index in [1.165, 1.54) is 11.1 Å². The van der Waals surface area contributed by atoms with E-state index in [4.69, 9.17) is 9.51 Å². The second-order valence-electron chi connectivity index (χ2n) is 11.5. The van der Waals surface area contributed by atoms with Gasteiger partial charge in [-0.15, -0.1) is 0 Å². The Morgan fingerprint density at radius 1 is 0.941 bits per heavy atom. The normalized spacial score (nSPS) is 12.5. The summed E-state index contributed by atoms with van der Waals surface area (Å²) >= 11 is 0. The summed E-state index contributed by atoms with van der Waals surface area (Å²) in [5, 5.41) is 7.99. The van der Waals surface area contributed by atoms with Gasteiger partial charge in [-0.25, -0.2) is 4.98 Å². The number of hydrogen-bond donors (Lipinski definition) is 1. The number of aromatic nitrogens is 3.